The second kappa shape index (κ2) is 5.38. The molecule has 0 saturated carbocycles. The van der Waals surface area contributed by atoms with Crippen LogP contribution in [0.3, 0.4) is 0 Å². The van der Waals surface area contributed by atoms with Gasteiger partial charge >= 0.3 is 0 Å². The lowest BCUT2D eigenvalue weighted by molar-refractivity contribution is 0.100. The largest absolute Gasteiger partial charge is 0.454 e. The van der Waals surface area contributed by atoms with E-state index in [9.17, 15) is 4.79 Å². The fourth-order valence-electron chi connectivity index (χ4n) is 1.52. The van der Waals surface area contributed by atoms with Crippen LogP contribution in [0.25, 0.3) is 0 Å². The number of hydrogen-bond donors (Lipinski definition) is 2. The van der Waals surface area contributed by atoms with Crippen molar-refractivity contribution in [3.63, 3.8) is 0 Å². The van der Waals surface area contributed by atoms with E-state index in [0.29, 0.717) is 21.5 Å². The van der Waals surface area contributed by atoms with E-state index < -0.39 is 5.91 Å². The minimum atomic E-state index is -0.625. The lowest BCUT2D eigenvalue weighted by Gasteiger charge is -2.11. The molecular weight excluding hydrogens is 287 g/mol. The SMILES string of the molecule is NC(=O)c1cccc(Oc2cc(Cl)ccc2Cl)c1N. The third kappa shape index (κ3) is 2.92. The zero-order chi connectivity index (χ0) is 14.0. The van der Waals surface area contributed by atoms with Crippen molar-refractivity contribution in [3.8, 4) is 11.5 Å². The maximum Gasteiger partial charge on any atom is 0.250 e. The van der Waals surface area contributed by atoms with Crippen molar-refractivity contribution >= 4 is 34.8 Å². The van der Waals surface area contributed by atoms with E-state index in [0.717, 1.165) is 0 Å². The van der Waals surface area contributed by atoms with Crippen molar-refractivity contribution in [2.75, 3.05) is 5.73 Å². The minimum Gasteiger partial charge on any atom is -0.454 e. The van der Waals surface area contributed by atoms with E-state index in [2.05, 4.69) is 0 Å². The van der Waals surface area contributed by atoms with Crippen molar-refractivity contribution in [3.05, 3.63) is 52.0 Å². The summed E-state index contributed by atoms with van der Waals surface area (Å²) < 4.78 is 5.56. The molecule has 6 heteroatoms. The molecule has 2 aromatic rings. The molecule has 0 aliphatic carbocycles. The summed E-state index contributed by atoms with van der Waals surface area (Å²) in [5, 5.41) is 0.859. The second-order valence-corrected chi connectivity index (χ2v) is 4.60. The number of primary amides is 1. The number of carbonyl (C=O) groups excluding carboxylic acids is 1. The van der Waals surface area contributed by atoms with Crippen LogP contribution in [0.2, 0.25) is 10.0 Å². The summed E-state index contributed by atoms with van der Waals surface area (Å²) in [4.78, 5) is 11.2. The van der Waals surface area contributed by atoms with Crippen LogP contribution < -0.4 is 16.2 Å². The molecule has 0 aliphatic rings. The Balaban J connectivity index is 2.41. The number of rotatable bonds is 3. The Labute approximate surface area is 119 Å². The van der Waals surface area contributed by atoms with Crippen molar-refractivity contribution in [1.82, 2.24) is 0 Å². The monoisotopic (exact) mass is 296 g/mol. The predicted molar refractivity (Wildman–Crippen MR) is 75.9 cm³/mol. The highest BCUT2D eigenvalue weighted by Crippen LogP contribution is 2.35. The standard InChI is InChI=1S/C13H10Cl2N2O2/c14-7-4-5-9(15)11(6-7)19-10-3-1-2-8(12(10)16)13(17)18/h1-6H,16H2,(H2,17,18). The average molecular weight is 297 g/mol. The smallest absolute Gasteiger partial charge is 0.250 e. The van der Waals surface area contributed by atoms with Gasteiger partial charge < -0.3 is 16.2 Å². The normalized spacial score (nSPS) is 10.2. The lowest BCUT2D eigenvalue weighted by atomic mass is 10.1. The third-order valence-corrected chi connectivity index (χ3v) is 2.99. The summed E-state index contributed by atoms with van der Waals surface area (Å²) in [5.74, 6) is 0.0168. The van der Waals surface area contributed by atoms with E-state index in [1.807, 2.05) is 0 Å². The van der Waals surface area contributed by atoms with Crippen LogP contribution in [0.15, 0.2) is 36.4 Å². The maximum atomic E-state index is 11.2. The number of para-hydroxylation sites is 1. The Hall–Kier alpha value is -1.91. The molecule has 0 aliphatic heterocycles. The van der Waals surface area contributed by atoms with Crippen molar-refractivity contribution in [2.45, 2.75) is 0 Å². The first kappa shape index (κ1) is 13.5. The lowest BCUT2D eigenvalue weighted by Crippen LogP contribution is -2.13. The molecule has 0 saturated heterocycles. The van der Waals surface area contributed by atoms with Crippen LogP contribution in [0, 0.1) is 0 Å². The summed E-state index contributed by atoms with van der Waals surface area (Å²) in [6.07, 6.45) is 0. The molecule has 0 unspecified atom stereocenters. The first-order valence-corrected chi connectivity index (χ1v) is 6.06. The van der Waals surface area contributed by atoms with Gasteiger partial charge in [0.25, 0.3) is 5.91 Å². The molecule has 98 valence electrons. The van der Waals surface area contributed by atoms with Crippen LogP contribution in [-0.4, -0.2) is 5.91 Å². The van der Waals surface area contributed by atoms with Gasteiger partial charge in [-0.3, -0.25) is 4.79 Å². The van der Waals surface area contributed by atoms with Gasteiger partial charge in [-0.1, -0.05) is 29.3 Å². The number of anilines is 1. The predicted octanol–water partition coefficient (Wildman–Crippen LogP) is 3.47. The Morgan fingerprint density at radius 1 is 1.11 bits per heavy atom. The van der Waals surface area contributed by atoms with Gasteiger partial charge in [0.2, 0.25) is 0 Å². The summed E-state index contributed by atoms with van der Waals surface area (Å²) in [7, 11) is 0. The highest BCUT2D eigenvalue weighted by atomic mass is 35.5. The molecule has 0 atom stereocenters. The maximum absolute atomic E-state index is 11.2. The number of hydrogen-bond acceptors (Lipinski definition) is 3. The van der Waals surface area contributed by atoms with Crippen LogP contribution in [0.1, 0.15) is 10.4 Å². The Morgan fingerprint density at radius 2 is 1.84 bits per heavy atom. The van der Waals surface area contributed by atoms with Crippen LogP contribution in [0.5, 0.6) is 11.5 Å². The Bertz CT molecular complexity index is 645. The highest BCUT2D eigenvalue weighted by Gasteiger charge is 2.12. The summed E-state index contributed by atoms with van der Waals surface area (Å²) in [6, 6.07) is 9.54. The second-order valence-electron chi connectivity index (χ2n) is 3.76. The molecule has 1 amide bonds. The molecule has 2 rings (SSSR count). The van der Waals surface area contributed by atoms with Crippen molar-refractivity contribution in [2.24, 2.45) is 5.73 Å². The van der Waals surface area contributed by atoms with Crippen LogP contribution in [0.4, 0.5) is 5.69 Å². The van der Waals surface area contributed by atoms with Gasteiger partial charge in [0.1, 0.15) is 5.75 Å². The topological polar surface area (TPSA) is 78.3 Å². The van der Waals surface area contributed by atoms with E-state index in [1.54, 1.807) is 30.3 Å². The van der Waals surface area contributed by atoms with E-state index in [4.69, 9.17) is 39.4 Å². The van der Waals surface area contributed by atoms with E-state index in [1.165, 1.54) is 6.07 Å². The number of ether oxygens (including phenoxy) is 1. The zero-order valence-electron chi connectivity index (χ0n) is 9.69. The number of benzene rings is 2. The van der Waals surface area contributed by atoms with Gasteiger partial charge in [-0.05, 0) is 24.3 Å². The molecule has 4 nitrogen and oxygen atoms in total. The first-order valence-electron chi connectivity index (χ1n) is 5.30. The minimum absolute atomic E-state index is 0.158. The number of nitrogen functional groups attached to an aromatic ring is 1. The van der Waals surface area contributed by atoms with Crippen LogP contribution >= 0.6 is 23.2 Å². The molecule has 0 heterocycles. The summed E-state index contributed by atoms with van der Waals surface area (Å²) >= 11 is 11.8. The number of carbonyl (C=O) groups is 1. The van der Waals surface area contributed by atoms with Gasteiger partial charge in [0.15, 0.2) is 5.75 Å². The van der Waals surface area contributed by atoms with Gasteiger partial charge in [-0.2, -0.15) is 0 Å². The molecule has 2 aromatic carbocycles. The first-order chi connectivity index (χ1) is 8.99. The summed E-state index contributed by atoms with van der Waals surface area (Å²) in [6.45, 7) is 0. The Kier molecular flexibility index (Phi) is 3.83. The fraction of sp³-hybridized carbons (Fsp3) is 0. The third-order valence-electron chi connectivity index (χ3n) is 2.44. The molecule has 0 bridgehead atoms. The number of nitrogens with two attached hydrogens (primary N) is 2. The fourth-order valence-corrected chi connectivity index (χ4v) is 1.84. The average Bonchev–Trinajstić information content (AvgIpc) is 2.36. The molecule has 19 heavy (non-hydrogen) atoms. The van der Waals surface area contributed by atoms with E-state index >= 15 is 0 Å². The van der Waals surface area contributed by atoms with E-state index in [-0.39, 0.29) is 11.3 Å². The molecule has 0 spiro atoms. The van der Waals surface area contributed by atoms with Gasteiger partial charge in [0.05, 0.1) is 16.3 Å². The summed E-state index contributed by atoms with van der Waals surface area (Å²) in [5.41, 5.74) is 11.4. The van der Waals surface area contributed by atoms with Gasteiger partial charge in [-0.15, -0.1) is 0 Å². The Morgan fingerprint density at radius 3 is 2.53 bits per heavy atom. The highest BCUT2D eigenvalue weighted by molar-refractivity contribution is 6.34. The van der Waals surface area contributed by atoms with Crippen LogP contribution in [-0.2, 0) is 0 Å². The molecular formula is C13H10Cl2N2O2. The van der Waals surface area contributed by atoms with Gasteiger partial charge in [0, 0.05) is 11.1 Å². The molecule has 0 radical (unpaired) electrons. The molecule has 4 N–H and O–H groups in total. The number of halogens is 2. The zero-order valence-corrected chi connectivity index (χ0v) is 11.2. The quantitative estimate of drug-likeness (QED) is 0.851. The van der Waals surface area contributed by atoms with Gasteiger partial charge in [-0.25, -0.2) is 0 Å². The van der Waals surface area contributed by atoms with Crippen molar-refractivity contribution < 1.29 is 9.53 Å². The molecule has 0 fully saturated rings. The number of amides is 1. The molecule has 0 aromatic heterocycles. The van der Waals surface area contributed by atoms with Crippen molar-refractivity contribution in [1.29, 1.82) is 0 Å².